The second-order valence-corrected chi connectivity index (χ2v) is 7.22. The Hall–Kier alpha value is -1.11. The maximum atomic E-state index is 6.52. The summed E-state index contributed by atoms with van der Waals surface area (Å²) in [6.45, 7) is 1.94. The van der Waals surface area contributed by atoms with Crippen molar-refractivity contribution >= 4 is 22.6 Å². The predicted molar refractivity (Wildman–Crippen MR) is 103 cm³/mol. The van der Waals surface area contributed by atoms with Gasteiger partial charge in [0.2, 0.25) is 0 Å². The number of rotatable bonds is 4. The molecule has 122 valence electrons. The SMILES string of the molecule is COc1ccccc1CN1CCCC(N)C1c1ccccc1I. The van der Waals surface area contributed by atoms with Crippen molar-refractivity contribution in [3.05, 3.63) is 63.2 Å². The van der Waals surface area contributed by atoms with Crippen LogP contribution in [0.2, 0.25) is 0 Å². The molecule has 23 heavy (non-hydrogen) atoms. The molecular weight excluding hydrogens is 399 g/mol. The first-order valence-corrected chi connectivity index (χ1v) is 9.14. The van der Waals surface area contributed by atoms with Gasteiger partial charge >= 0.3 is 0 Å². The molecule has 1 saturated heterocycles. The van der Waals surface area contributed by atoms with Crippen molar-refractivity contribution in [2.24, 2.45) is 5.73 Å². The van der Waals surface area contributed by atoms with E-state index in [0.29, 0.717) is 0 Å². The summed E-state index contributed by atoms with van der Waals surface area (Å²) in [5.41, 5.74) is 9.08. The number of methoxy groups -OCH3 is 1. The van der Waals surface area contributed by atoms with E-state index in [-0.39, 0.29) is 12.1 Å². The molecule has 2 N–H and O–H groups in total. The van der Waals surface area contributed by atoms with E-state index in [1.54, 1.807) is 7.11 Å². The van der Waals surface area contributed by atoms with Crippen LogP contribution in [0.25, 0.3) is 0 Å². The summed E-state index contributed by atoms with van der Waals surface area (Å²) in [6.07, 6.45) is 2.23. The molecule has 2 aromatic carbocycles. The number of hydrogen-bond donors (Lipinski definition) is 1. The predicted octanol–water partition coefficient (Wildman–Crippen LogP) is 3.96. The van der Waals surface area contributed by atoms with Crippen molar-refractivity contribution in [1.29, 1.82) is 0 Å². The smallest absolute Gasteiger partial charge is 0.123 e. The van der Waals surface area contributed by atoms with Gasteiger partial charge in [-0.1, -0.05) is 36.4 Å². The summed E-state index contributed by atoms with van der Waals surface area (Å²) in [6, 6.07) is 17.3. The third kappa shape index (κ3) is 3.70. The molecule has 0 aromatic heterocycles. The lowest BCUT2D eigenvalue weighted by molar-refractivity contribution is 0.119. The second-order valence-electron chi connectivity index (χ2n) is 6.05. The average molecular weight is 422 g/mol. The molecule has 3 rings (SSSR count). The topological polar surface area (TPSA) is 38.5 Å². The van der Waals surface area contributed by atoms with E-state index in [9.17, 15) is 0 Å². The zero-order valence-corrected chi connectivity index (χ0v) is 15.6. The van der Waals surface area contributed by atoms with E-state index >= 15 is 0 Å². The Morgan fingerprint density at radius 3 is 2.70 bits per heavy atom. The summed E-state index contributed by atoms with van der Waals surface area (Å²) in [7, 11) is 1.73. The molecule has 4 heteroatoms. The molecular formula is C19H23IN2O. The number of benzene rings is 2. The number of para-hydroxylation sites is 1. The number of hydrogen-bond acceptors (Lipinski definition) is 3. The van der Waals surface area contributed by atoms with E-state index in [1.165, 1.54) is 14.7 Å². The van der Waals surface area contributed by atoms with Crippen molar-refractivity contribution in [1.82, 2.24) is 4.90 Å². The molecule has 0 spiro atoms. The van der Waals surface area contributed by atoms with Crippen LogP contribution in [-0.4, -0.2) is 24.6 Å². The van der Waals surface area contributed by atoms with Crippen LogP contribution in [0.15, 0.2) is 48.5 Å². The van der Waals surface area contributed by atoms with Gasteiger partial charge in [-0.25, -0.2) is 0 Å². The first-order valence-electron chi connectivity index (χ1n) is 8.06. The normalized spacial score (nSPS) is 22.0. The van der Waals surface area contributed by atoms with Gasteiger partial charge in [0.05, 0.1) is 13.2 Å². The minimum Gasteiger partial charge on any atom is -0.496 e. The van der Waals surface area contributed by atoms with E-state index in [2.05, 4.69) is 63.9 Å². The van der Waals surface area contributed by atoms with E-state index in [0.717, 1.165) is 31.7 Å². The van der Waals surface area contributed by atoms with Gasteiger partial charge in [0.25, 0.3) is 0 Å². The Morgan fingerprint density at radius 2 is 1.91 bits per heavy atom. The van der Waals surface area contributed by atoms with Gasteiger partial charge in [-0.05, 0) is 59.7 Å². The zero-order chi connectivity index (χ0) is 16.2. The van der Waals surface area contributed by atoms with Crippen LogP contribution < -0.4 is 10.5 Å². The largest absolute Gasteiger partial charge is 0.496 e. The van der Waals surface area contributed by atoms with Gasteiger partial charge in [-0.2, -0.15) is 0 Å². The van der Waals surface area contributed by atoms with Crippen LogP contribution in [-0.2, 0) is 6.54 Å². The molecule has 1 aliphatic heterocycles. The van der Waals surface area contributed by atoms with E-state index in [4.69, 9.17) is 10.5 Å². The lowest BCUT2D eigenvalue weighted by Gasteiger charge is -2.40. The zero-order valence-electron chi connectivity index (χ0n) is 13.4. The summed E-state index contributed by atoms with van der Waals surface area (Å²) in [5, 5.41) is 0. The van der Waals surface area contributed by atoms with Crippen LogP contribution in [0.1, 0.15) is 30.0 Å². The summed E-state index contributed by atoms with van der Waals surface area (Å²) in [4.78, 5) is 2.50. The van der Waals surface area contributed by atoms with Crippen LogP contribution >= 0.6 is 22.6 Å². The maximum Gasteiger partial charge on any atom is 0.123 e. The Kier molecular flexibility index (Phi) is 5.56. The minimum atomic E-state index is 0.175. The van der Waals surface area contributed by atoms with Gasteiger partial charge < -0.3 is 10.5 Å². The standard InChI is InChI=1S/C19H23IN2O/c1-23-18-11-5-2-7-14(18)13-22-12-6-10-17(21)19(22)15-8-3-4-9-16(15)20/h2-5,7-9,11,17,19H,6,10,12-13,21H2,1H3. The monoisotopic (exact) mass is 422 g/mol. The van der Waals surface area contributed by atoms with Crippen molar-refractivity contribution < 1.29 is 4.74 Å². The molecule has 0 saturated carbocycles. The lowest BCUT2D eigenvalue weighted by atomic mass is 9.90. The second kappa shape index (κ2) is 7.64. The van der Waals surface area contributed by atoms with Crippen LogP contribution in [0, 0.1) is 3.57 Å². The van der Waals surface area contributed by atoms with Crippen molar-refractivity contribution in [2.45, 2.75) is 31.5 Å². The summed E-state index contributed by atoms with van der Waals surface area (Å²) in [5.74, 6) is 0.952. The van der Waals surface area contributed by atoms with Crippen LogP contribution in [0.4, 0.5) is 0 Å². The highest BCUT2D eigenvalue weighted by Gasteiger charge is 2.31. The summed E-state index contributed by atoms with van der Waals surface area (Å²) < 4.78 is 6.81. The Morgan fingerprint density at radius 1 is 1.17 bits per heavy atom. The number of piperidine rings is 1. The highest BCUT2D eigenvalue weighted by molar-refractivity contribution is 14.1. The Bertz CT molecular complexity index is 661. The van der Waals surface area contributed by atoms with Gasteiger partial charge in [-0.3, -0.25) is 4.90 Å². The van der Waals surface area contributed by atoms with Crippen LogP contribution in [0.5, 0.6) is 5.75 Å². The fraction of sp³-hybridized carbons (Fsp3) is 0.368. The average Bonchev–Trinajstić information content (AvgIpc) is 2.57. The van der Waals surface area contributed by atoms with E-state index < -0.39 is 0 Å². The summed E-state index contributed by atoms with van der Waals surface area (Å²) >= 11 is 2.42. The minimum absolute atomic E-state index is 0.175. The van der Waals surface area contributed by atoms with E-state index in [1.807, 2.05) is 12.1 Å². The molecule has 0 radical (unpaired) electrons. The maximum absolute atomic E-state index is 6.52. The number of nitrogens with two attached hydrogens (primary N) is 1. The fourth-order valence-electron chi connectivity index (χ4n) is 3.47. The molecule has 0 bridgehead atoms. The molecule has 0 amide bonds. The van der Waals surface area contributed by atoms with Gasteiger partial charge in [0, 0.05) is 21.7 Å². The Balaban J connectivity index is 1.91. The van der Waals surface area contributed by atoms with Crippen molar-refractivity contribution in [3.8, 4) is 5.75 Å². The quantitative estimate of drug-likeness (QED) is 0.759. The lowest BCUT2D eigenvalue weighted by Crippen LogP contribution is -2.45. The first-order chi connectivity index (χ1) is 11.2. The molecule has 1 fully saturated rings. The number of halogens is 1. The Labute approximate surface area is 152 Å². The number of ether oxygens (including phenoxy) is 1. The van der Waals surface area contributed by atoms with Crippen molar-refractivity contribution in [3.63, 3.8) is 0 Å². The molecule has 2 aromatic rings. The molecule has 3 nitrogen and oxygen atoms in total. The molecule has 1 heterocycles. The van der Waals surface area contributed by atoms with Gasteiger partial charge in [0.1, 0.15) is 5.75 Å². The number of likely N-dealkylation sites (tertiary alicyclic amines) is 1. The van der Waals surface area contributed by atoms with Crippen molar-refractivity contribution in [2.75, 3.05) is 13.7 Å². The third-order valence-electron chi connectivity index (χ3n) is 4.57. The highest BCUT2D eigenvalue weighted by atomic mass is 127. The first kappa shape index (κ1) is 16.7. The van der Waals surface area contributed by atoms with Crippen LogP contribution in [0.3, 0.4) is 0 Å². The molecule has 2 atom stereocenters. The molecule has 2 unspecified atom stereocenters. The third-order valence-corrected chi connectivity index (χ3v) is 5.55. The fourth-order valence-corrected chi connectivity index (χ4v) is 4.18. The molecule has 1 aliphatic rings. The number of nitrogens with zero attached hydrogens (tertiary/aromatic N) is 1. The molecule has 0 aliphatic carbocycles. The van der Waals surface area contributed by atoms with Gasteiger partial charge in [-0.15, -0.1) is 0 Å². The van der Waals surface area contributed by atoms with Gasteiger partial charge in [0.15, 0.2) is 0 Å². The highest BCUT2D eigenvalue weighted by Crippen LogP contribution is 2.35.